The number of pyridine rings is 1. The van der Waals surface area contributed by atoms with Crippen LogP contribution >= 0.6 is 0 Å². The molecule has 0 unspecified atom stereocenters. The molecule has 1 saturated heterocycles. The van der Waals surface area contributed by atoms with Crippen molar-refractivity contribution in [2.75, 3.05) is 20.2 Å². The lowest BCUT2D eigenvalue weighted by molar-refractivity contribution is -0.391. The number of hydrogen-bond donors (Lipinski definition) is 0. The van der Waals surface area contributed by atoms with Crippen molar-refractivity contribution in [3.63, 3.8) is 0 Å². The molecule has 1 aliphatic heterocycles. The Hall–Kier alpha value is -2.91. The largest absolute Gasteiger partial charge is 0.467 e. The van der Waals surface area contributed by atoms with Crippen molar-refractivity contribution in [1.82, 2.24) is 9.88 Å². The molecular weight excluding hydrogens is 358 g/mol. The molecule has 1 aromatic heterocycles. The molecule has 10 nitrogen and oxygen atoms in total. The van der Waals surface area contributed by atoms with Gasteiger partial charge in [-0.15, -0.1) is 0 Å². The van der Waals surface area contributed by atoms with Crippen LogP contribution in [0.15, 0.2) is 18.3 Å². The highest BCUT2D eigenvalue weighted by molar-refractivity contribution is 5.81. The molecule has 0 aromatic carbocycles. The van der Waals surface area contributed by atoms with E-state index >= 15 is 0 Å². The van der Waals surface area contributed by atoms with E-state index in [9.17, 15) is 19.7 Å². The standard InChI is InChI=1S/C17H23N3O7/c1-16(2,3)27-15(22)19-10-7-17(8-11-19,14(21)25-4)26-12-6-5-9-18-13(12)20(23)24/h5-6,9H,7-8,10-11H2,1-4H3. The molecule has 0 atom stereocenters. The minimum absolute atomic E-state index is 0.102. The maximum Gasteiger partial charge on any atom is 0.410 e. The number of carbonyl (C=O) groups excluding carboxylic acids is 2. The first-order valence-electron chi connectivity index (χ1n) is 8.43. The Morgan fingerprint density at radius 3 is 2.44 bits per heavy atom. The molecule has 1 fully saturated rings. The molecule has 0 saturated carbocycles. The molecule has 2 rings (SSSR count). The number of amides is 1. The third-order valence-corrected chi connectivity index (χ3v) is 4.01. The van der Waals surface area contributed by atoms with Gasteiger partial charge in [-0.25, -0.2) is 9.59 Å². The average molecular weight is 381 g/mol. The summed E-state index contributed by atoms with van der Waals surface area (Å²) in [5, 5.41) is 11.2. The summed E-state index contributed by atoms with van der Waals surface area (Å²) < 4.78 is 15.9. The quantitative estimate of drug-likeness (QED) is 0.442. The van der Waals surface area contributed by atoms with Gasteiger partial charge in [0.15, 0.2) is 0 Å². The minimum atomic E-state index is -1.44. The van der Waals surface area contributed by atoms with Gasteiger partial charge in [-0.2, -0.15) is 0 Å². The second-order valence-corrected chi connectivity index (χ2v) is 7.14. The Bertz CT molecular complexity index is 721. The van der Waals surface area contributed by atoms with Gasteiger partial charge in [-0.05, 0) is 42.8 Å². The van der Waals surface area contributed by atoms with Crippen LogP contribution in [-0.2, 0) is 14.3 Å². The van der Waals surface area contributed by atoms with Gasteiger partial charge in [-0.1, -0.05) is 0 Å². The molecule has 148 valence electrons. The number of hydrogen-bond acceptors (Lipinski definition) is 8. The van der Waals surface area contributed by atoms with Crippen molar-refractivity contribution in [3.05, 3.63) is 28.4 Å². The molecule has 0 N–H and O–H groups in total. The van der Waals surface area contributed by atoms with Crippen molar-refractivity contribution in [2.24, 2.45) is 0 Å². The zero-order valence-corrected chi connectivity index (χ0v) is 15.8. The summed E-state index contributed by atoms with van der Waals surface area (Å²) in [6, 6.07) is 2.85. The van der Waals surface area contributed by atoms with Crippen LogP contribution in [0.3, 0.4) is 0 Å². The van der Waals surface area contributed by atoms with Gasteiger partial charge in [0.05, 0.1) is 7.11 Å². The van der Waals surface area contributed by atoms with E-state index in [-0.39, 0.29) is 31.7 Å². The van der Waals surface area contributed by atoms with Crippen molar-refractivity contribution < 1.29 is 28.7 Å². The van der Waals surface area contributed by atoms with E-state index in [4.69, 9.17) is 14.2 Å². The zero-order chi connectivity index (χ0) is 20.2. The summed E-state index contributed by atoms with van der Waals surface area (Å²) >= 11 is 0. The molecule has 0 bridgehead atoms. The number of piperidine rings is 1. The zero-order valence-electron chi connectivity index (χ0n) is 15.8. The second-order valence-electron chi connectivity index (χ2n) is 7.14. The first-order chi connectivity index (χ1) is 12.6. The lowest BCUT2D eigenvalue weighted by atomic mass is 9.91. The predicted octanol–water partition coefficient (Wildman–Crippen LogP) is 2.31. The third-order valence-electron chi connectivity index (χ3n) is 4.01. The number of nitro groups is 1. The van der Waals surface area contributed by atoms with Crippen molar-refractivity contribution in [1.29, 1.82) is 0 Å². The smallest absolute Gasteiger partial charge is 0.410 e. The first kappa shape index (κ1) is 20.4. The van der Waals surface area contributed by atoms with Crippen molar-refractivity contribution in [3.8, 4) is 5.75 Å². The van der Waals surface area contributed by atoms with Crippen LogP contribution in [0.5, 0.6) is 5.75 Å². The average Bonchev–Trinajstić information content (AvgIpc) is 2.60. The highest BCUT2D eigenvalue weighted by atomic mass is 16.6. The number of likely N-dealkylation sites (tertiary alicyclic amines) is 1. The van der Waals surface area contributed by atoms with E-state index in [0.717, 1.165) is 0 Å². The molecule has 0 aliphatic carbocycles. The highest BCUT2D eigenvalue weighted by Gasteiger charge is 2.47. The molecule has 0 spiro atoms. The molecule has 0 radical (unpaired) electrons. The van der Waals surface area contributed by atoms with Gasteiger partial charge < -0.3 is 29.2 Å². The number of carbonyl (C=O) groups is 2. The van der Waals surface area contributed by atoms with E-state index in [1.165, 1.54) is 30.3 Å². The van der Waals surface area contributed by atoms with E-state index in [0.29, 0.717) is 0 Å². The summed E-state index contributed by atoms with van der Waals surface area (Å²) in [5.74, 6) is -1.28. The van der Waals surface area contributed by atoms with Crippen LogP contribution in [0.4, 0.5) is 10.6 Å². The third kappa shape index (κ3) is 4.83. The molecule has 2 heterocycles. The number of ether oxygens (including phenoxy) is 3. The molecule has 27 heavy (non-hydrogen) atoms. The predicted molar refractivity (Wildman–Crippen MR) is 93.3 cm³/mol. The molecule has 10 heteroatoms. The van der Waals surface area contributed by atoms with Crippen LogP contribution in [0, 0.1) is 10.1 Å². The van der Waals surface area contributed by atoms with Gasteiger partial charge in [0, 0.05) is 25.9 Å². The fourth-order valence-electron chi connectivity index (χ4n) is 2.72. The van der Waals surface area contributed by atoms with Gasteiger partial charge in [0.1, 0.15) is 11.8 Å². The number of aromatic nitrogens is 1. The Labute approximate surface area is 156 Å². The van der Waals surface area contributed by atoms with Gasteiger partial charge in [-0.3, -0.25) is 0 Å². The Balaban J connectivity index is 2.20. The molecule has 1 amide bonds. The summed E-state index contributed by atoms with van der Waals surface area (Å²) in [4.78, 5) is 40.2. The van der Waals surface area contributed by atoms with Gasteiger partial charge in [0.2, 0.25) is 11.4 Å². The summed E-state index contributed by atoms with van der Waals surface area (Å²) in [6.45, 7) is 5.64. The Morgan fingerprint density at radius 2 is 1.93 bits per heavy atom. The number of rotatable bonds is 4. The fraction of sp³-hybridized carbons (Fsp3) is 0.588. The van der Waals surface area contributed by atoms with Crippen LogP contribution in [0.1, 0.15) is 33.6 Å². The topological polar surface area (TPSA) is 121 Å². The molecular formula is C17H23N3O7. The van der Waals surface area contributed by atoms with Gasteiger partial charge >= 0.3 is 17.9 Å². The van der Waals surface area contributed by atoms with E-state index in [1.54, 1.807) is 20.8 Å². The normalized spacial score (nSPS) is 16.4. The van der Waals surface area contributed by atoms with Crippen LogP contribution in [-0.4, -0.2) is 58.3 Å². The lowest BCUT2D eigenvalue weighted by Gasteiger charge is -2.39. The highest BCUT2D eigenvalue weighted by Crippen LogP contribution is 2.34. The van der Waals surface area contributed by atoms with E-state index < -0.39 is 34.0 Å². The fourth-order valence-corrected chi connectivity index (χ4v) is 2.72. The molecule has 1 aromatic rings. The first-order valence-corrected chi connectivity index (χ1v) is 8.43. The SMILES string of the molecule is COC(=O)C1(Oc2cccnc2[N+](=O)[O-])CCN(C(=O)OC(C)(C)C)CC1. The minimum Gasteiger partial charge on any atom is -0.467 e. The van der Waals surface area contributed by atoms with E-state index in [1.807, 2.05) is 0 Å². The van der Waals surface area contributed by atoms with Crippen molar-refractivity contribution >= 4 is 17.9 Å². The summed E-state index contributed by atoms with van der Waals surface area (Å²) in [6.07, 6.45) is 0.977. The van der Waals surface area contributed by atoms with Crippen LogP contribution < -0.4 is 4.74 Å². The van der Waals surface area contributed by atoms with Crippen LogP contribution in [0.25, 0.3) is 0 Å². The maximum atomic E-state index is 12.4. The lowest BCUT2D eigenvalue weighted by Crippen LogP contribution is -2.55. The molecule has 1 aliphatic rings. The van der Waals surface area contributed by atoms with Gasteiger partial charge in [0.25, 0.3) is 0 Å². The summed E-state index contributed by atoms with van der Waals surface area (Å²) in [7, 11) is 1.21. The second kappa shape index (κ2) is 7.77. The number of esters is 1. The Kier molecular flexibility index (Phi) is 5.87. The van der Waals surface area contributed by atoms with Crippen LogP contribution in [0.2, 0.25) is 0 Å². The van der Waals surface area contributed by atoms with E-state index in [2.05, 4.69) is 4.98 Å². The number of methoxy groups -OCH3 is 1. The summed E-state index contributed by atoms with van der Waals surface area (Å²) in [5.41, 5.74) is -2.08. The monoisotopic (exact) mass is 381 g/mol. The Morgan fingerprint density at radius 1 is 1.30 bits per heavy atom. The maximum absolute atomic E-state index is 12.4. The number of nitrogens with zero attached hydrogens (tertiary/aromatic N) is 3. The van der Waals surface area contributed by atoms with Crippen molar-refractivity contribution in [2.45, 2.75) is 44.8 Å².